The van der Waals surface area contributed by atoms with Crippen molar-refractivity contribution >= 4 is 11.4 Å². The van der Waals surface area contributed by atoms with Crippen LogP contribution in [0.3, 0.4) is 0 Å². The van der Waals surface area contributed by atoms with Crippen molar-refractivity contribution in [3.05, 3.63) is 56.7 Å². The van der Waals surface area contributed by atoms with Crippen molar-refractivity contribution in [3.8, 4) is 5.75 Å². The Morgan fingerprint density at radius 2 is 1.67 bits per heavy atom. The molecule has 0 bridgehead atoms. The molecule has 3 unspecified atom stereocenters. The Bertz CT molecular complexity index is 912. The highest BCUT2D eigenvalue weighted by Crippen LogP contribution is 2.27. The molecule has 166 valence electrons. The van der Waals surface area contributed by atoms with Crippen molar-refractivity contribution in [2.24, 2.45) is 17.8 Å². The van der Waals surface area contributed by atoms with Crippen LogP contribution in [-0.2, 0) is 4.79 Å². The molecule has 0 radical (unpaired) electrons. The number of aromatic hydroxyl groups is 1. The molecule has 3 atom stereocenters. The number of Topliss-reactive ketones (excluding diaryl/α,β-unsaturated/α-hetero) is 1. The van der Waals surface area contributed by atoms with E-state index in [1.54, 1.807) is 13.8 Å². The average molecular weight is 415 g/mol. The summed E-state index contributed by atoms with van der Waals surface area (Å²) in [6, 6.07) is 0. The van der Waals surface area contributed by atoms with Gasteiger partial charge in [0.15, 0.2) is 5.78 Å². The van der Waals surface area contributed by atoms with Crippen LogP contribution in [0.2, 0.25) is 0 Å². The van der Waals surface area contributed by atoms with E-state index in [9.17, 15) is 14.7 Å². The lowest BCUT2D eigenvalue weighted by Crippen LogP contribution is -2.15. The Balaban J connectivity index is 3.02. The minimum atomic E-state index is -0.528. The van der Waals surface area contributed by atoms with E-state index in [-0.39, 0.29) is 28.9 Å². The number of ketones is 1. The SMILES string of the molecule is CCC(C)CC(C)C(=O)/C(C)=C/C(C)/C=C(C)/C=C(\C)c1oc(=O)c(C)c(O)c1C. The summed E-state index contributed by atoms with van der Waals surface area (Å²) in [7, 11) is 0. The fourth-order valence-corrected chi connectivity index (χ4v) is 3.77. The van der Waals surface area contributed by atoms with Crippen molar-refractivity contribution in [2.45, 2.75) is 75.2 Å². The first-order valence-corrected chi connectivity index (χ1v) is 10.8. The number of carbonyl (C=O) groups excluding carboxylic acids is 1. The highest BCUT2D eigenvalue weighted by Gasteiger charge is 2.17. The van der Waals surface area contributed by atoms with Gasteiger partial charge in [-0.2, -0.15) is 0 Å². The fraction of sp³-hybridized carbons (Fsp3) is 0.538. The van der Waals surface area contributed by atoms with Gasteiger partial charge in [0.05, 0.1) is 5.56 Å². The minimum Gasteiger partial charge on any atom is -0.507 e. The number of hydrogen-bond acceptors (Lipinski definition) is 4. The lowest BCUT2D eigenvalue weighted by molar-refractivity contribution is -0.119. The Morgan fingerprint density at radius 1 is 1.07 bits per heavy atom. The first-order valence-electron chi connectivity index (χ1n) is 10.8. The molecular formula is C26H38O4. The van der Waals surface area contributed by atoms with Gasteiger partial charge in [-0.1, -0.05) is 57.9 Å². The molecule has 1 N–H and O–H groups in total. The van der Waals surface area contributed by atoms with Crippen LogP contribution in [0.15, 0.2) is 38.6 Å². The standard InChI is InChI=1S/C26H38O4/c1-10-15(2)12-18(5)23(27)19(6)13-16(3)11-17(4)14-20(7)25-21(8)24(28)22(9)26(29)30-25/h11,13-16,18,28H,10,12H2,1-9H3/b17-11+,19-13+,20-14+. The van der Waals surface area contributed by atoms with Gasteiger partial charge in [0.1, 0.15) is 11.5 Å². The van der Waals surface area contributed by atoms with Crippen LogP contribution in [0.4, 0.5) is 0 Å². The summed E-state index contributed by atoms with van der Waals surface area (Å²) in [6.45, 7) is 17.4. The van der Waals surface area contributed by atoms with Crippen LogP contribution in [0.25, 0.3) is 5.57 Å². The second-order valence-corrected chi connectivity index (χ2v) is 8.78. The van der Waals surface area contributed by atoms with E-state index in [0.29, 0.717) is 17.2 Å². The quantitative estimate of drug-likeness (QED) is 0.368. The first kappa shape index (κ1) is 25.7. The van der Waals surface area contributed by atoms with Gasteiger partial charge in [0.2, 0.25) is 0 Å². The van der Waals surface area contributed by atoms with Crippen molar-refractivity contribution in [1.82, 2.24) is 0 Å². The van der Waals surface area contributed by atoms with E-state index in [4.69, 9.17) is 4.42 Å². The third-order valence-corrected chi connectivity index (χ3v) is 5.68. The summed E-state index contributed by atoms with van der Waals surface area (Å²) in [5, 5.41) is 10.1. The molecule has 0 aromatic carbocycles. The van der Waals surface area contributed by atoms with Crippen molar-refractivity contribution < 1.29 is 14.3 Å². The Hall–Kier alpha value is -2.36. The average Bonchev–Trinajstić information content (AvgIpc) is 2.67. The first-order chi connectivity index (χ1) is 13.9. The van der Waals surface area contributed by atoms with Crippen molar-refractivity contribution in [2.75, 3.05) is 0 Å². The van der Waals surface area contributed by atoms with Gasteiger partial charge in [-0.3, -0.25) is 4.79 Å². The Labute approximate surface area is 181 Å². The van der Waals surface area contributed by atoms with Gasteiger partial charge in [0, 0.05) is 11.5 Å². The van der Waals surface area contributed by atoms with Crippen LogP contribution in [-0.4, -0.2) is 10.9 Å². The molecule has 4 heteroatoms. The minimum absolute atomic E-state index is 0.0208. The molecule has 1 rings (SSSR count). The summed E-state index contributed by atoms with van der Waals surface area (Å²) >= 11 is 0. The number of rotatable bonds is 9. The number of allylic oxidation sites excluding steroid dienone is 6. The molecule has 0 amide bonds. The van der Waals surface area contributed by atoms with Gasteiger partial charge in [-0.15, -0.1) is 0 Å². The zero-order chi connectivity index (χ0) is 23.2. The molecule has 0 fully saturated rings. The van der Waals surface area contributed by atoms with Crippen LogP contribution in [0.5, 0.6) is 5.75 Å². The maximum Gasteiger partial charge on any atom is 0.342 e. The highest BCUT2D eigenvalue weighted by atomic mass is 16.4. The van der Waals surface area contributed by atoms with Gasteiger partial charge in [-0.25, -0.2) is 4.79 Å². The number of carbonyl (C=O) groups is 1. The lowest BCUT2D eigenvalue weighted by atomic mass is 9.88. The molecular weight excluding hydrogens is 376 g/mol. The van der Waals surface area contributed by atoms with E-state index in [2.05, 4.69) is 19.9 Å². The monoisotopic (exact) mass is 414 g/mol. The molecule has 1 heterocycles. The van der Waals surface area contributed by atoms with Gasteiger partial charge in [0.25, 0.3) is 0 Å². The number of hydrogen-bond donors (Lipinski definition) is 1. The summed E-state index contributed by atoms with van der Waals surface area (Å²) in [5.74, 6) is 1.27. The largest absolute Gasteiger partial charge is 0.507 e. The van der Waals surface area contributed by atoms with E-state index in [1.165, 1.54) is 0 Å². The second-order valence-electron chi connectivity index (χ2n) is 8.78. The topological polar surface area (TPSA) is 67.5 Å². The van der Waals surface area contributed by atoms with E-state index in [1.807, 2.05) is 46.8 Å². The predicted octanol–water partition coefficient (Wildman–Crippen LogP) is 6.54. The van der Waals surface area contributed by atoms with Crippen molar-refractivity contribution in [3.63, 3.8) is 0 Å². The van der Waals surface area contributed by atoms with Crippen LogP contribution < -0.4 is 5.63 Å². The zero-order valence-corrected chi connectivity index (χ0v) is 20.1. The molecule has 1 aromatic rings. The second kappa shape index (κ2) is 11.1. The molecule has 30 heavy (non-hydrogen) atoms. The van der Waals surface area contributed by atoms with Crippen LogP contribution >= 0.6 is 0 Å². The van der Waals surface area contributed by atoms with Gasteiger partial charge in [-0.05, 0) is 64.0 Å². The van der Waals surface area contributed by atoms with Crippen LogP contribution in [0.1, 0.15) is 78.2 Å². The third-order valence-electron chi connectivity index (χ3n) is 5.68. The molecule has 0 aliphatic carbocycles. The fourth-order valence-electron chi connectivity index (χ4n) is 3.77. The van der Waals surface area contributed by atoms with Crippen molar-refractivity contribution in [1.29, 1.82) is 0 Å². The predicted molar refractivity (Wildman–Crippen MR) is 125 cm³/mol. The normalized spacial score (nSPS) is 16.4. The third kappa shape index (κ3) is 6.86. The van der Waals surface area contributed by atoms with Gasteiger partial charge >= 0.3 is 5.63 Å². The Morgan fingerprint density at radius 3 is 2.23 bits per heavy atom. The smallest absolute Gasteiger partial charge is 0.342 e. The maximum absolute atomic E-state index is 12.6. The molecule has 1 aromatic heterocycles. The molecule has 0 spiro atoms. The van der Waals surface area contributed by atoms with E-state index in [0.717, 1.165) is 29.6 Å². The molecule has 0 saturated heterocycles. The highest BCUT2D eigenvalue weighted by molar-refractivity contribution is 5.96. The molecule has 0 aliphatic heterocycles. The maximum atomic E-state index is 12.6. The molecule has 0 saturated carbocycles. The lowest BCUT2D eigenvalue weighted by Gasteiger charge is -2.15. The summed E-state index contributed by atoms with van der Waals surface area (Å²) < 4.78 is 5.38. The summed E-state index contributed by atoms with van der Waals surface area (Å²) in [6.07, 6.45) is 8.00. The summed E-state index contributed by atoms with van der Waals surface area (Å²) in [4.78, 5) is 24.5. The van der Waals surface area contributed by atoms with Gasteiger partial charge < -0.3 is 9.52 Å². The van der Waals surface area contributed by atoms with E-state index >= 15 is 0 Å². The molecule has 0 aliphatic rings. The van der Waals surface area contributed by atoms with E-state index < -0.39 is 5.63 Å². The Kier molecular flexibility index (Phi) is 9.54. The molecule has 4 nitrogen and oxygen atoms in total. The van der Waals surface area contributed by atoms with Crippen LogP contribution in [0, 0.1) is 31.6 Å². The summed E-state index contributed by atoms with van der Waals surface area (Å²) in [5.41, 5.74) is 2.80. The zero-order valence-electron chi connectivity index (χ0n) is 20.1.